The van der Waals surface area contributed by atoms with Crippen molar-refractivity contribution < 1.29 is 5.11 Å². The van der Waals surface area contributed by atoms with Gasteiger partial charge in [-0.1, -0.05) is 58.0 Å². The van der Waals surface area contributed by atoms with Gasteiger partial charge in [0.15, 0.2) is 0 Å². The van der Waals surface area contributed by atoms with E-state index in [1.54, 1.807) is 0 Å². The highest BCUT2D eigenvalue weighted by molar-refractivity contribution is 5.27. The van der Waals surface area contributed by atoms with Gasteiger partial charge in [-0.3, -0.25) is 0 Å². The first-order valence-corrected chi connectivity index (χ1v) is 7.09. The maximum Gasteiger partial charge on any atom is 0.0945 e. The molecule has 0 saturated heterocycles. The molecule has 2 unspecified atom stereocenters. The van der Waals surface area contributed by atoms with Crippen LogP contribution in [0.3, 0.4) is 0 Å². The van der Waals surface area contributed by atoms with E-state index < -0.39 is 6.10 Å². The van der Waals surface area contributed by atoms with Crippen molar-refractivity contribution >= 4 is 0 Å². The molecule has 1 aromatic rings. The summed E-state index contributed by atoms with van der Waals surface area (Å²) in [4.78, 5) is 0. The largest absolute Gasteiger partial charge is 0.387 e. The van der Waals surface area contributed by atoms with E-state index >= 15 is 0 Å². The van der Waals surface area contributed by atoms with Gasteiger partial charge in [-0.2, -0.15) is 0 Å². The lowest BCUT2D eigenvalue weighted by atomic mass is 9.92. The lowest BCUT2D eigenvalue weighted by molar-refractivity contribution is 0.107. The quantitative estimate of drug-likeness (QED) is 0.734. The molecule has 0 saturated carbocycles. The van der Waals surface area contributed by atoms with Crippen LogP contribution < -0.4 is 5.32 Å². The van der Waals surface area contributed by atoms with Crippen molar-refractivity contribution in [3.63, 3.8) is 0 Å². The maximum atomic E-state index is 10.5. The minimum Gasteiger partial charge on any atom is -0.387 e. The molecular formula is C17H27NO. The number of aliphatic hydroxyl groups excluding tert-OH is 1. The van der Waals surface area contributed by atoms with Crippen LogP contribution in [0.4, 0.5) is 0 Å². The summed E-state index contributed by atoms with van der Waals surface area (Å²) in [7, 11) is 0. The number of aliphatic hydroxyl groups is 1. The van der Waals surface area contributed by atoms with Gasteiger partial charge in [0, 0.05) is 12.6 Å². The summed E-state index contributed by atoms with van der Waals surface area (Å²) >= 11 is 0. The fourth-order valence-electron chi connectivity index (χ4n) is 2.22. The Bertz CT molecular complexity index is 381. The van der Waals surface area contributed by atoms with E-state index in [9.17, 15) is 5.11 Å². The molecule has 1 rings (SSSR count). The van der Waals surface area contributed by atoms with Crippen molar-refractivity contribution in [2.45, 2.75) is 45.8 Å². The zero-order chi connectivity index (χ0) is 14.4. The van der Waals surface area contributed by atoms with Crippen LogP contribution in [0.2, 0.25) is 0 Å². The highest BCUT2D eigenvalue weighted by atomic mass is 16.3. The zero-order valence-corrected chi connectivity index (χ0v) is 12.6. The molecule has 0 radical (unpaired) electrons. The second-order valence-electron chi connectivity index (χ2n) is 5.73. The summed E-state index contributed by atoms with van der Waals surface area (Å²) in [5.74, 6) is 0.880. The average Bonchev–Trinajstić information content (AvgIpc) is 2.38. The molecule has 19 heavy (non-hydrogen) atoms. The molecule has 0 aromatic heterocycles. The Balaban J connectivity index is 2.83. The summed E-state index contributed by atoms with van der Waals surface area (Å²) in [6, 6.07) is 8.32. The minimum atomic E-state index is -0.485. The van der Waals surface area contributed by atoms with Gasteiger partial charge in [-0.05, 0) is 23.0 Å². The van der Waals surface area contributed by atoms with Crippen LogP contribution in [0, 0.1) is 5.92 Å². The van der Waals surface area contributed by atoms with Crippen LogP contribution in [0.5, 0.6) is 0 Å². The number of hydrogen-bond donors (Lipinski definition) is 2. The number of hydrogen-bond acceptors (Lipinski definition) is 2. The van der Waals surface area contributed by atoms with Crippen LogP contribution in [0.15, 0.2) is 36.9 Å². The molecule has 0 amide bonds. The molecule has 0 aliphatic heterocycles. The van der Waals surface area contributed by atoms with Crippen molar-refractivity contribution in [2.75, 3.05) is 6.54 Å². The molecule has 0 bridgehead atoms. The van der Waals surface area contributed by atoms with E-state index in [2.05, 4.69) is 51.7 Å². The van der Waals surface area contributed by atoms with E-state index in [4.69, 9.17) is 0 Å². The molecule has 0 fully saturated rings. The normalized spacial score (nSPS) is 14.7. The van der Waals surface area contributed by atoms with E-state index in [0.29, 0.717) is 18.4 Å². The summed E-state index contributed by atoms with van der Waals surface area (Å²) in [5, 5.41) is 13.8. The molecule has 0 spiro atoms. The SMILES string of the molecule is C=CCNC(C(C)C)C(O)c1ccc(C(C)C)cc1. The van der Waals surface area contributed by atoms with Gasteiger partial charge in [0.2, 0.25) is 0 Å². The van der Waals surface area contributed by atoms with Gasteiger partial charge >= 0.3 is 0 Å². The summed E-state index contributed by atoms with van der Waals surface area (Å²) in [5.41, 5.74) is 2.27. The fraction of sp³-hybridized carbons (Fsp3) is 0.529. The van der Waals surface area contributed by atoms with Crippen LogP contribution in [-0.4, -0.2) is 17.7 Å². The zero-order valence-electron chi connectivity index (χ0n) is 12.6. The van der Waals surface area contributed by atoms with Crippen molar-refractivity contribution in [1.82, 2.24) is 5.32 Å². The summed E-state index contributed by atoms with van der Waals surface area (Å²) < 4.78 is 0. The third-order valence-electron chi connectivity index (χ3n) is 3.50. The molecule has 0 heterocycles. The molecule has 2 atom stereocenters. The highest BCUT2D eigenvalue weighted by Gasteiger charge is 2.23. The topological polar surface area (TPSA) is 32.3 Å². The second kappa shape index (κ2) is 7.46. The molecule has 1 aromatic carbocycles. The first kappa shape index (κ1) is 15.9. The first-order chi connectivity index (χ1) is 8.97. The number of rotatable bonds is 7. The third kappa shape index (κ3) is 4.48. The van der Waals surface area contributed by atoms with Crippen molar-refractivity contribution in [2.24, 2.45) is 5.92 Å². The summed E-state index contributed by atoms with van der Waals surface area (Å²) in [6.07, 6.45) is 1.34. The Hall–Kier alpha value is -1.12. The number of benzene rings is 1. The molecular weight excluding hydrogens is 234 g/mol. The predicted octanol–water partition coefficient (Wildman–Crippen LogP) is 3.64. The fourth-order valence-corrected chi connectivity index (χ4v) is 2.22. The molecule has 0 aliphatic carbocycles. The van der Waals surface area contributed by atoms with Gasteiger partial charge in [0.25, 0.3) is 0 Å². The van der Waals surface area contributed by atoms with Crippen molar-refractivity contribution in [1.29, 1.82) is 0 Å². The Labute approximate surface area is 117 Å². The van der Waals surface area contributed by atoms with E-state index in [1.807, 2.05) is 18.2 Å². The van der Waals surface area contributed by atoms with Gasteiger partial charge in [-0.15, -0.1) is 6.58 Å². The number of nitrogens with one attached hydrogen (secondary N) is 1. The van der Waals surface area contributed by atoms with Crippen LogP contribution in [-0.2, 0) is 0 Å². The molecule has 2 N–H and O–H groups in total. The summed E-state index contributed by atoms with van der Waals surface area (Å²) in [6.45, 7) is 13.0. The highest BCUT2D eigenvalue weighted by Crippen LogP contribution is 2.24. The average molecular weight is 261 g/mol. The smallest absolute Gasteiger partial charge is 0.0945 e. The second-order valence-corrected chi connectivity index (χ2v) is 5.73. The van der Waals surface area contributed by atoms with E-state index in [-0.39, 0.29) is 6.04 Å². The van der Waals surface area contributed by atoms with Crippen LogP contribution in [0.25, 0.3) is 0 Å². The maximum absolute atomic E-state index is 10.5. The first-order valence-electron chi connectivity index (χ1n) is 7.09. The Morgan fingerprint density at radius 3 is 2.05 bits per heavy atom. The van der Waals surface area contributed by atoms with Gasteiger partial charge < -0.3 is 10.4 Å². The molecule has 2 heteroatoms. The van der Waals surface area contributed by atoms with Crippen molar-refractivity contribution in [3.05, 3.63) is 48.0 Å². The molecule has 106 valence electrons. The molecule has 0 aliphatic rings. The Kier molecular flexibility index (Phi) is 6.26. The predicted molar refractivity (Wildman–Crippen MR) is 82.3 cm³/mol. The Morgan fingerprint density at radius 2 is 1.63 bits per heavy atom. The minimum absolute atomic E-state index is 0.0444. The van der Waals surface area contributed by atoms with Gasteiger partial charge in [0.1, 0.15) is 0 Å². The van der Waals surface area contributed by atoms with Crippen LogP contribution >= 0.6 is 0 Å². The van der Waals surface area contributed by atoms with Gasteiger partial charge in [0.05, 0.1) is 6.10 Å². The van der Waals surface area contributed by atoms with Crippen molar-refractivity contribution in [3.8, 4) is 0 Å². The standard InChI is InChI=1S/C17H27NO/c1-6-11-18-16(13(4)5)17(19)15-9-7-14(8-10-15)12(2)3/h6-10,12-13,16-19H,1,11H2,2-5H3. The monoisotopic (exact) mass is 261 g/mol. The Morgan fingerprint density at radius 1 is 1.11 bits per heavy atom. The lowest BCUT2D eigenvalue weighted by Gasteiger charge is -2.27. The van der Waals surface area contributed by atoms with E-state index in [1.165, 1.54) is 5.56 Å². The van der Waals surface area contributed by atoms with E-state index in [0.717, 1.165) is 5.56 Å². The van der Waals surface area contributed by atoms with Gasteiger partial charge in [-0.25, -0.2) is 0 Å². The molecule has 2 nitrogen and oxygen atoms in total. The third-order valence-corrected chi connectivity index (χ3v) is 3.50. The van der Waals surface area contributed by atoms with Crippen LogP contribution in [0.1, 0.15) is 50.8 Å². The lowest BCUT2D eigenvalue weighted by Crippen LogP contribution is -2.39.